The molecule has 112 valence electrons. The van der Waals surface area contributed by atoms with Crippen LogP contribution in [0.3, 0.4) is 0 Å². The molecule has 0 saturated carbocycles. The van der Waals surface area contributed by atoms with Gasteiger partial charge in [-0.15, -0.1) is 0 Å². The Hall–Kier alpha value is -2.17. The molecule has 0 fully saturated rings. The normalized spacial score (nSPS) is 13.4. The number of fused-ring (bicyclic) bond motifs is 1. The zero-order valence-electron chi connectivity index (χ0n) is 12.2. The molecule has 2 N–H and O–H groups in total. The van der Waals surface area contributed by atoms with Gasteiger partial charge in [0, 0.05) is 6.42 Å². The smallest absolute Gasteiger partial charge is 0.175 e. The molecular formula is C16H20N2O3. The summed E-state index contributed by atoms with van der Waals surface area (Å²) in [6.07, 6.45) is 4.26. The number of aromatic nitrogens is 1. The first-order chi connectivity index (χ1) is 10.3. The van der Waals surface area contributed by atoms with E-state index in [-0.39, 0.29) is 0 Å². The number of rotatable bonds is 5. The topological polar surface area (TPSA) is 70.5 Å². The molecule has 1 aromatic heterocycles. The van der Waals surface area contributed by atoms with Gasteiger partial charge >= 0.3 is 0 Å². The summed E-state index contributed by atoms with van der Waals surface area (Å²) in [5, 5.41) is 3.91. The molecule has 0 saturated heterocycles. The minimum absolute atomic E-state index is 0.429. The summed E-state index contributed by atoms with van der Waals surface area (Å²) >= 11 is 0. The van der Waals surface area contributed by atoms with Gasteiger partial charge < -0.3 is 19.7 Å². The Balaban J connectivity index is 1.90. The van der Waals surface area contributed by atoms with Crippen LogP contribution in [0.5, 0.6) is 11.5 Å². The summed E-state index contributed by atoms with van der Waals surface area (Å²) in [6.45, 7) is 3.33. The van der Waals surface area contributed by atoms with E-state index in [0.717, 1.165) is 41.2 Å². The van der Waals surface area contributed by atoms with Crippen molar-refractivity contribution >= 4 is 5.82 Å². The Bertz CT molecular complexity index is 622. The Kier molecular flexibility index (Phi) is 3.99. The largest absolute Gasteiger partial charge is 0.486 e. The van der Waals surface area contributed by atoms with Crippen molar-refractivity contribution in [3.05, 3.63) is 24.0 Å². The van der Waals surface area contributed by atoms with Crippen molar-refractivity contribution in [2.24, 2.45) is 0 Å². The van der Waals surface area contributed by atoms with Crippen LogP contribution in [-0.2, 0) is 6.42 Å². The number of nitrogens with two attached hydrogens (primary N) is 1. The fourth-order valence-electron chi connectivity index (χ4n) is 2.55. The monoisotopic (exact) mass is 288 g/mol. The zero-order valence-corrected chi connectivity index (χ0v) is 12.2. The summed E-state index contributed by atoms with van der Waals surface area (Å²) in [5.74, 6) is 2.79. The van der Waals surface area contributed by atoms with Crippen LogP contribution < -0.4 is 15.2 Å². The van der Waals surface area contributed by atoms with Crippen LogP contribution >= 0.6 is 0 Å². The number of nitrogens with zero attached hydrogens (tertiary/aromatic N) is 1. The Labute approximate surface area is 124 Å². The number of ether oxygens (including phenoxy) is 2. The van der Waals surface area contributed by atoms with Crippen molar-refractivity contribution in [2.45, 2.75) is 32.6 Å². The molecule has 0 atom stereocenters. The van der Waals surface area contributed by atoms with E-state index in [1.807, 2.05) is 18.2 Å². The third-order valence-corrected chi connectivity index (χ3v) is 3.63. The van der Waals surface area contributed by atoms with Crippen LogP contribution in [0.25, 0.3) is 11.1 Å². The van der Waals surface area contributed by atoms with Crippen molar-refractivity contribution in [1.82, 2.24) is 5.16 Å². The third-order valence-electron chi connectivity index (χ3n) is 3.63. The predicted molar refractivity (Wildman–Crippen MR) is 80.6 cm³/mol. The lowest BCUT2D eigenvalue weighted by molar-refractivity contribution is 0.171. The molecule has 21 heavy (non-hydrogen) atoms. The molecule has 1 aliphatic rings. The average molecular weight is 288 g/mol. The molecule has 0 aliphatic carbocycles. The quantitative estimate of drug-likeness (QED) is 0.853. The molecule has 5 heteroatoms. The number of nitrogen functional groups attached to an aromatic ring is 1. The van der Waals surface area contributed by atoms with Gasteiger partial charge in [-0.1, -0.05) is 31.0 Å². The summed E-state index contributed by atoms with van der Waals surface area (Å²) in [5.41, 5.74) is 7.82. The lowest BCUT2D eigenvalue weighted by atomic mass is 10.0. The van der Waals surface area contributed by atoms with Gasteiger partial charge in [0.05, 0.1) is 5.56 Å². The molecular weight excluding hydrogens is 268 g/mol. The van der Waals surface area contributed by atoms with Crippen molar-refractivity contribution in [1.29, 1.82) is 0 Å². The van der Waals surface area contributed by atoms with Gasteiger partial charge in [-0.25, -0.2) is 0 Å². The second-order valence-corrected chi connectivity index (χ2v) is 5.18. The minimum atomic E-state index is 0.429. The van der Waals surface area contributed by atoms with Gasteiger partial charge in [0.1, 0.15) is 19.0 Å². The average Bonchev–Trinajstić information content (AvgIpc) is 2.88. The SMILES string of the molecule is CCCCCc1onc(N)c1-c1ccc2c(c1)OCCO2. The second kappa shape index (κ2) is 6.08. The number of unbranched alkanes of at least 4 members (excludes halogenated alkanes) is 2. The number of hydrogen-bond acceptors (Lipinski definition) is 5. The third kappa shape index (κ3) is 2.82. The summed E-state index contributed by atoms with van der Waals surface area (Å²) in [7, 11) is 0. The predicted octanol–water partition coefficient (Wildman–Crippen LogP) is 3.43. The van der Waals surface area contributed by atoms with E-state index in [2.05, 4.69) is 12.1 Å². The van der Waals surface area contributed by atoms with E-state index in [0.29, 0.717) is 19.0 Å². The number of hydrogen-bond donors (Lipinski definition) is 1. The lowest BCUT2D eigenvalue weighted by Crippen LogP contribution is -2.15. The van der Waals surface area contributed by atoms with Crippen LogP contribution in [0.4, 0.5) is 5.82 Å². The van der Waals surface area contributed by atoms with Gasteiger partial charge in [-0.2, -0.15) is 0 Å². The molecule has 0 amide bonds. The highest BCUT2D eigenvalue weighted by molar-refractivity contribution is 5.77. The van der Waals surface area contributed by atoms with Crippen LogP contribution in [0.15, 0.2) is 22.7 Å². The first-order valence-corrected chi connectivity index (χ1v) is 7.43. The molecule has 1 aliphatic heterocycles. The molecule has 2 aromatic rings. The molecule has 2 heterocycles. The van der Waals surface area contributed by atoms with E-state index in [1.54, 1.807) is 0 Å². The molecule has 0 bridgehead atoms. The Morgan fingerprint density at radius 2 is 1.95 bits per heavy atom. The van der Waals surface area contributed by atoms with Gasteiger partial charge in [0.15, 0.2) is 17.3 Å². The molecule has 5 nitrogen and oxygen atoms in total. The van der Waals surface area contributed by atoms with Crippen molar-refractivity contribution in [3.63, 3.8) is 0 Å². The van der Waals surface area contributed by atoms with Crippen LogP contribution in [0.2, 0.25) is 0 Å². The fraction of sp³-hybridized carbons (Fsp3) is 0.438. The minimum Gasteiger partial charge on any atom is -0.486 e. The highest BCUT2D eigenvalue weighted by Crippen LogP contribution is 2.38. The number of benzene rings is 1. The highest BCUT2D eigenvalue weighted by atomic mass is 16.6. The first kappa shape index (κ1) is 13.8. The lowest BCUT2D eigenvalue weighted by Gasteiger charge is -2.18. The first-order valence-electron chi connectivity index (χ1n) is 7.43. The molecule has 1 aromatic carbocycles. The molecule has 0 radical (unpaired) electrons. The van der Waals surface area contributed by atoms with Gasteiger partial charge in [-0.3, -0.25) is 0 Å². The maximum absolute atomic E-state index is 5.98. The Morgan fingerprint density at radius 3 is 2.76 bits per heavy atom. The maximum Gasteiger partial charge on any atom is 0.175 e. The maximum atomic E-state index is 5.98. The molecule has 3 rings (SSSR count). The number of anilines is 1. The summed E-state index contributed by atoms with van der Waals surface area (Å²) < 4.78 is 16.6. The number of aryl methyl sites for hydroxylation is 1. The standard InChI is InChI=1S/C16H20N2O3/c1-2-3-4-5-13-15(16(17)18-21-13)11-6-7-12-14(10-11)20-9-8-19-12/h6-7,10H,2-5,8-9H2,1H3,(H2,17,18). The van der Waals surface area contributed by atoms with Crippen LogP contribution in [0, 0.1) is 0 Å². The van der Waals surface area contributed by atoms with Gasteiger partial charge in [-0.05, 0) is 24.1 Å². The molecule has 0 spiro atoms. The van der Waals surface area contributed by atoms with E-state index in [1.165, 1.54) is 12.8 Å². The van der Waals surface area contributed by atoms with Crippen LogP contribution in [0.1, 0.15) is 31.9 Å². The van der Waals surface area contributed by atoms with Gasteiger partial charge in [0.25, 0.3) is 0 Å². The summed E-state index contributed by atoms with van der Waals surface area (Å²) in [4.78, 5) is 0. The van der Waals surface area contributed by atoms with E-state index in [4.69, 9.17) is 19.7 Å². The van der Waals surface area contributed by atoms with Crippen LogP contribution in [-0.4, -0.2) is 18.4 Å². The van der Waals surface area contributed by atoms with E-state index in [9.17, 15) is 0 Å². The Morgan fingerprint density at radius 1 is 1.14 bits per heavy atom. The van der Waals surface area contributed by atoms with E-state index >= 15 is 0 Å². The summed E-state index contributed by atoms with van der Waals surface area (Å²) in [6, 6.07) is 5.83. The highest BCUT2D eigenvalue weighted by Gasteiger charge is 2.19. The fourth-order valence-corrected chi connectivity index (χ4v) is 2.55. The van der Waals surface area contributed by atoms with E-state index < -0.39 is 0 Å². The second-order valence-electron chi connectivity index (χ2n) is 5.18. The van der Waals surface area contributed by atoms with Gasteiger partial charge in [0.2, 0.25) is 0 Å². The van der Waals surface area contributed by atoms with Crippen molar-refractivity contribution in [2.75, 3.05) is 18.9 Å². The van der Waals surface area contributed by atoms with Crippen molar-refractivity contribution in [3.8, 4) is 22.6 Å². The molecule has 0 unspecified atom stereocenters. The van der Waals surface area contributed by atoms with Crippen molar-refractivity contribution < 1.29 is 14.0 Å². The zero-order chi connectivity index (χ0) is 14.7.